The topological polar surface area (TPSA) is 38.0 Å². The molecule has 0 aliphatic rings. The van der Waals surface area contributed by atoms with Gasteiger partial charge in [-0.2, -0.15) is 0 Å². The lowest BCUT2D eigenvalue weighted by Gasteiger charge is -2.20. The van der Waals surface area contributed by atoms with E-state index in [1.807, 2.05) is 0 Å². The maximum absolute atomic E-state index is 5.66. The fourth-order valence-electron chi connectivity index (χ4n) is 1.98. The van der Waals surface area contributed by atoms with Crippen LogP contribution in [0.25, 0.3) is 0 Å². The van der Waals surface area contributed by atoms with Crippen molar-refractivity contribution in [3.63, 3.8) is 0 Å². The maximum atomic E-state index is 5.66. The number of hydrogen-bond acceptors (Lipinski definition) is 2. The lowest BCUT2D eigenvalue weighted by molar-refractivity contribution is 0.408. The molecule has 0 bridgehead atoms. The number of nitrogens with one attached hydrogen (secondary N) is 1. The minimum absolute atomic E-state index is 0.270. The van der Waals surface area contributed by atoms with E-state index in [1.165, 1.54) is 17.5 Å². The minimum atomic E-state index is 0.270. The van der Waals surface area contributed by atoms with Gasteiger partial charge in [-0.05, 0) is 29.4 Å². The van der Waals surface area contributed by atoms with E-state index in [4.69, 9.17) is 5.84 Å². The summed E-state index contributed by atoms with van der Waals surface area (Å²) in [6.07, 6.45) is 2.29. The van der Waals surface area contributed by atoms with Crippen molar-refractivity contribution in [2.75, 3.05) is 0 Å². The van der Waals surface area contributed by atoms with Gasteiger partial charge in [-0.1, -0.05) is 58.4 Å². The van der Waals surface area contributed by atoms with E-state index in [0.29, 0.717) is 11.8 Å². The minimum Gasteiger partial charge on any atom is -0.271 e. The Morgan fingerprint density at radius 2 is 1.59 bits per heavy atom. The van der Waals surface area contributed by atoms with E-state index >= 15 is 0 Å². The first-order chi connectivity index (χ1) is 8.08. The molecule has 0 radical (unpaired) electrons. The highest BCUT2D eigenvalue weighted by molar-refractivity contribution is 5.26. The average Bonchev–Trinajstić information content (AvgIpc) is 2.35. The molecule has 0 aliphatic heterocycles. The Morgan fingerprint density at radius 1 is 1.06 bits per heavy atom. The molecule has 0 fully saturated rings. The van der Waals surface area contributed by atoms with Gasteiger partial charge in [0, 0.05) is 6.04 Å². The summed E-state index contributed by atoms with van der Waals surface area (Å²) in [4.78, 5) is 0. The van der Waals surface area contributed by atoms with Crippen molar-refractivity contribution in [1.29, 1.82) is 0 Å². The van der Waals surface area contributed by atoms with Gasteiger partial charge >= 0.3 is 0 Å². The second kappa shape index (κ2) is 6.77. The molecule has 1 aromatic rings. The van der Waals surface area contributed by atoms with Gasteiger partial charge < -0.3 is 0 Å². The zero-order valence-electron chi connectivity index (χ0n) is 11.5. The van der Waals surface area contributed by atoms with Gasteiger partial charge in [-0.25, -0.2) is 0 Å². The van der Waals surface area contributed by atoms with Gasteiger partial charge in [0.15, 0.2) is 0 Å². The van der Waals surface area contributed by atoms with Crippen LogP contribution in [-0.4, -0.2) is 0 Å². The van der Waals surface area contributed by atoms with Crippen molar-refractivity contribution < 1.29 is 0 Å². The lowest BCUT2D eigenvalue weighted by Crippen LogP contribution is -2.29. The molecule has 0 spiro atoms. The van der Waals surface area contributed by atoms with Crippen LogP contribution in [0, 0.1) is 5.92 Å². The molecule has 17 heavy (non-hydrogen) atoms. The van der Waals surface area contributed by atoms with E-state index in [0.717, 1.165) is 6.42 Å². The van der Waals surface area contributed by atoms with Gasteiger partial charge in [-0.3, -0.25) is 11.3 Å². The van der Waals surface area contributed by atoms with Crippen molar-refractivity contribution in [2.24, 2.45) is 11.8 Å². The summed E-state index contributed by atoms with van der Waals surface area (Å²) in [6, 6.07) is 9.08. The maximum Gasteiger partial charge on any atom is 0.0462 e. The van der Waals surface area contributed by atoms with Crippen LogP contribution in [-0.2, 0) is 0 Å². The molecular formula is C15H26N2. The van der Waals surface area contributed by atoms with Gasteiger partial charge in [0.05, 0.1) is 0 Å². The van der Waals surface area contributed by atoms with Crippen molar-refractivity contribution in [1.82, 2.24) is 5.43 Å². The second-order valence-corrected chi connectivity index (χ2v) is 5.29. The monoisotopic (exact) mass is 234 g/mol. The van der Waals surface area contributed by atoms with Crippen molar-refractivity contribution in [3.8, 4) is 0 Å². The van der Waals surface area contributed by atoms with E-state index in [9.17, 15) is 0 Å². The zero-order chi connectivity index (χ0) is 12.8. The molecule has 0 saturated carbocycles. The molecule has 3 N–H and O–H groups in total. The second-order valence-electron chi connectivity index (χ2n) is 5.29. The smallest absolute Gasteiger partial charge is 0.0462 e. The summed E-state index contributed by atoms with van der Waals surface area (Å²) in [5.41, 5.74) is 5.60. The molecule has 1 aromatic carbocycles. The summed E-state index contributed by atoms with van der Waals surface area (Å²) in [7, 11) is 0. The molecule has 96 valence electrons. The van der Waals surface area contributed by atoms with Gasteiger partial charge in [-0.15, -0.1) is 0 Å². The Balaban J connectivity index is 2.75. The number of hydrogen-bond donors (Lipinski definition) is 2. The van der Waals surface area contributed by atoms with E-state index in [1.54, 1.807) is 0 Å². The summed E-state index contributed by atoms with van der Waals surface area (Å²) in [5.74, 6) is 6.94. The lowest BCUT2D eigenvalue weighted by atomic mass is 9.93. The van der Waals surface area contributed by atoms with Crippen LogP contribution in [0.2, 0.25) is 0 Å². The fourth-order valence-corrected chi connectivity index (χ4v) is 1.98. The molecular weight excluding hydrogens is 208 g/mol. The van der Waals surface area contributed by atoms with E-state index in [2.05, 4.69) is 57.4 Å². The Labute approximate surface area is 106 Å². The first-order valence-electron chi connectivity index (χ1n) is 6.64. The summed E-state index contributed by atoms with van der Waals surface area (Å²) < 4.78 is 0. The third kappa shape index (κ3) is 4.14. The molecule has 2 heteroatoms. The molecule has 0 heterocycles. The highest BCUT2D eigenvalue weighted by Crippen LogP contribution is 2.24. The number of rotatable bonds is 6. The summed E-state index contributed by atoms with van der Waals surface area (Å²) in [6.45, 7) is 8.92. The SMILES string of the molecule is CCC(C)CC(NN)c1ccc(C(C)C)cc1. The predicted molar refractivity (Wildman–Crippen MR) is 74.7 cm³/mol. The third-order valence-electron chi connectivity index (χ3n) is 3.54. The number of nitrogens with two attached hydrogens (primary N) is 1. The van der Waals surface area contributed by atoms with Crippen molar-refractivity contribution in [2.45, 2.75) is 52.5 Å². The largest absolute Gasteiger partial charge is 0.271 e. The average molecular weight is 234 g/mol. The first kappa shape index (κ1) is 14.2. The highest BCUT2D eigenvalue weighted by atomic mass is 15.2. The molecule has 2 nitrogen and oxygen atoms in total. The Kier molecular flexibility index (Phi) is 5.66. The molecule has 0 aromatic heterocycles. The van der Waals surface area contributed by atoms with Gasteiger partial charge in [0.2, 0.25) is 0 Å². The van der Waals surface area contributed by atoms with E-state index in [-0.39, 0.29) is 6.04 Å². The van der Waals surface area contributed by atoms with Crippen LogP contribution < -0.4 is 11.3 Å². The molecule has 2 atom stereocenters. The van der Waals surface area contributed by atoms with Crippen molar-refractivity contribution >= 4 is 0 Å². The van der Waals surface area contributed by atoms with Crippen LogP contribution in [0.1, 0.15) is 63.6 Å². The van der Waals surface area contributed by atoms with E-state index < -0.39 is 0 Å². The highest BCUT2D eigenvalue weighted by Gasteiger charge is 2.13. The normalized spacial score (nSPS) is 14.9. The predicted octanol–water partition coefficient (Wildman–Crippen LogP) is 3.75. The zero-order valence-corrected chi connectivity index (χ0v) is 11.5. The Morgan fingerprint density at radius 3 is 2.00 bits per heavy atom. The van der Waals surface area contributed by atoms with Crippen LogP contribution in [0.3, 0.4) is 0 Å². The summed E-state index contributed by atoms with van der Waals surface area (Å²) >= 11 is 0. The van der Waals surface area contributed by atoms with Crippen LogP contribution in [0.15, 0.2) is 24.3 Å². The molecule has 2 unspecified atom stereocenters. The van der Waals surface area contributed by atoms with Crippen LogP contribution in [0.4, 0.5) is 0 Å². The number of benzene rings is 1. The quantitative estimate of drug-likeness (QED) is 0.581. The van der Waals surface area contributed by atoms with Crippen LogP contribution >= 0.6 is 0 Å². The molecule has 1 rings (SSSR count). The molecule has 0 amide bonds. The van der Waals surface area contributed by atoms with Crippen molar-refractivity contribution in [3.05, 3.63) is 35.4 Å². The Hall–Kier alpha value is -0.860. The first-order valence-corrected chi connectivity index (χ1v) is 6.64. The number of hydrazine groups is 1. The van der Waals surface area contributed by atoms with Crippen LogP contribution in [0.5, 0.6) is 0 Å². The molecule has 0 aliphatic carbocycles. The van der Waals surface area contributed by atoms with Gasteiger partial charge in [0.1, 0.15) is 0 Å². The Bertz CT molecular complexity index is 316. The third-order valence-corrected chi connectivity index (χ3v) is 3.54. The molecule has 0 saturated heterocycles. The fraction of sp³-hybridized carbons (Fsp3) is 0.600. The van der Waals surface area contributed by atoms with Gasteiger partial charge in [0.25, 0.3) is 0 Å². The summed E-state index contributed by atoms with van der Waals surface area (Å²) in [5, 5.41) is 0. The standard InChI is InChI=1S/C15H26N2/c1-5-12(4)10-15(17-16)14-8-6-13(7-9-14)11(2)3/h6-9,11-12,15,17H,5,10,16H2,1-4H3.